The van der Waals surface area contributed by atoms with Crippen molar-refractivity contribution >= 4 is 29.1 Å². The molecule has 7 heteroatoms. The molecular formula is C13H18N2O4S. The van der Waals surface area contributed by atoms with Crippen LogP contribution in [0.25, 0.3) is 0 Å². The number of hydrogen-bond acceptors (Lipinski definition) is 4. The van der Waals surface area contributed by atoms with E-state index in [1.807, 2.05) is 13.8 Å². The number of carboxylic acid groups (broad SMARTS) is 1. The molecule has 0 radical (unpaired) electrons. The molecule has 110 valence electrons. The first kappa shape index (κ1) is 16.2. The Morgan fingerprint density at radius 2 is 2.05 bits per heavy atom. The van der Waals surface area contributed by atoms with Crippen LogP contribution in [0.4, 0.5) is 0 Å². The molecule has 1 heterocycles. The summed E-state index contributed by atoms with van der Waals surface area (Å²) < 4.78 is 0. The second-order valence-corrected chi connectivity index (χ2v) is 5.70. The molecule has 0 spiro atoms. The first-order valence-corrected chi connectivity index (χ1v) is 7.12. The average molecular weight is 298 g/mol. The van der Waals surface area contributed by atoms with E-state index < -0.39 is 17.9 Å². The third-order valence-electron chi connectivity index (χ3n) is 2.49. The quantitative estimate of drug-likeness (QED) is 0.702. The summed E-state index contributed by atoms with van der Waals surface area (Å²) in [5, 5.41) is 15.6. The second kappa shape index (κ2) is 7.64. The van der Waals surface area contributed by atoms with E-state index in [9.17, 15) is 14.4 Å². The van der Waals surface area contributed by atoms with E-state index >= 15 is 0 Å². The summed E-state index contributed by atoms with van der Waals surface area (Å²) in [5.41, 5.74) is 0. The predicted molar refractivity (Wildman–Crippen MR) is 75.7 cm³/mol. The number of nitrogens with one attached hydrogen (secondary N) is 2. The Morgan fingerprint density at radius 3 is 2.55 bits per heavy atom. The Bertz CT molecular complexity index is 471. The molecule has 1 aromatic heterocycles. The SMILES string of the molecule is CC(C)C[C@H](NC(=O)CNC(=O)c1cccs1)C(=O)O. The Balaban J connectivity index is 2.42. The number of hydrogen-bond donors (Lipinski definition) is 3. The minimum Gasteiger partial charge on any atom is -0.480 e. The van der Waals surface area contributed by atoms with Gasteiger partial charge in [-0.1, -0.05) is 19.9 Å². The Labute approximate surface area is 121 Å². The van der Waals surface area contributed by atoms with E-state index in [0.29, 0.717) is 11.3 Å². The van der Waals surface area contributed by atoms with Crippen molar-refractivity contribution < 1.29 is 19.5 Å². The molecule has 2 amide bonds. The first-order chi connectivity index (χ1) is 9.40. The molecule has 6 nitrogen and oxygen atoms in total. The van der Waals surface area contributed by atoms with Gasteiger partial charge in [-0.2, -0.15) is 0 Å². The number of carbonyl (C=O) groups excluding carboxylic acids is 2. The predicted octanol–water partition coefficient (Wildman–Crippen LogP) is 1.09. The molecule has 0 aliphatic heterocycles. The fourth-order valence-electron chi connectivity index (χ4n) is 1.59. The zero-order chi connectivity index (χ0) is 15.1. The van der Waals surface area contributed by atoms with Gasteiger partial charge >= 0.3 is 5.97 Å². The van der Waals surface area contributed by atoms with Crippen LogP contribution in [0.2, 0.25) is 0 Å². The Morgan fingerprint density at radius 1 is 1.35 bits per heavy atom. The summed E-state index contributed by atoms with van der Waals surface area (Å²) in [4.78, 5) is 34.7. The normalized spacial score (nSPS) is 11.9. The molecule has 1 rings (SSSR count). The lowest BCUT2D eigenvalue weighted by Gasteiger charge is -2.16. The second-order valence-electron chi connectivity index (χ2n) is 4.75. The fraction of sp³-hybridized carbons (Fsp3) is 0.462. The van der Waals surface area contributed by atoms with Crippen molar-refractivity contribution in [3.63, 3.8) is 0 Å². The monoisotopic (exact) mass is 298 g/mol. The van der Waals surface area contributed by atoms with Crippen molar-refractivity contribution in [2.45, 2.75) is 26.3 Å². The minimum atomic E-state index is -1.07. The highest BCUT2D eigenvalue weighted by atomic mass is 32.1. The zero-order valence-electron chi connectivity index (χ0n) is 11.4. The van der Waals surface area contributed by atoms with Gasteiger partial charge in [0.1, 0.15) is 6.04 Å². The van der Waals surface area contributed by atoms with Crippen LogP contribution in [0, 0.1) is 5.92 Å². The minimum absolute atomic E-state index is 0.150. The molecular weight excluding hydrogens is 280 g/mol. The van der Waals surface area contributed by atoms with Crippen molar-refractivity contribution in [3.05, 3.63) is 22.4 Å². The van der Waals surface area contributed by atoms with Gasteiger partial charge in [-0.15, -0.1) is 11.3 Å². The van der Waals surface area contributed by atoms with Crippen molar-refractivity contribution in [1.82, 2.24) is 10.6 Å². The molecule has 0 unspecified atom stereocenters. The van der Waals surface area contributed by atoms with E-state index in [1.54, 1.807) is 17.5 Å². The molecule has 0 fully saturated rings. The topological polar surface area (TPSA) is 95.5 Å². The summed E-state index contributed by atoms with van der Waals surface area (Å²) in [6.07, 6.45) is 0.347. The van der Waals surface area contributed by atoms with Gasteiger partial charge in [0.15, 0.2) is 0 Å². The highest BCUT2D eigenvalue weighted by Crippen LogP contribution is 2.07. The van der Waals surface area contributed by atoms with Gasteiger partial charge in [-0.3, -0.25) is 9.59 Å². The van der Waals surface area contributed by atoms with Crippen molar-refractivity contribution in [2.75, 3.05) is 6.54 Å². The van der Waals surface area contributed by atoms with E-state index in [1.165, 1.54) is 11.3 Å². The van der Waals surface area contributed by atoms with Gasteiger partial charge in [0.05, 0.1) is 11.4 Å². The van der Waals surface area contributed by atoms with E-state index in [4.69, 9.17) is 5.11 Å². The van der Waals surface area contributed by atoms with Gasteiger partial charge in [-0.05, 0) is 23.8 Å². The average Bonchev–Trinajstić information content (AvgIpc) is 2.88. The van der Waals surface area contributed by atoms with Crippen molar-refractivity contribution in [1.29, 1.82) is 0 Å². The van der Waals surface area contributed by atoms with Crippen LogP contribution < -0.4 is 10.6 Å². The van der Waals surface area contributed by atoms with Crippen LogP contribution in [-0.2, 0) is 9.59 Å². The van der Waals surface area contributed by atoms with Crippen LogP contribution in [0.5, 0.6) is 0 Å². The maximum atomic E-state index is 11.6. The lowest BCUT2D eigenvalue weighted by atomic mass is 10.0. The number of thiophene rings is 1. The van der Waals surface area contributed by atoms with Gasteiger partial charge in [0.2, 0.25) is 5.91 Å². The Kier molecular flexibility index (Phi) is 6.17. The van der Waals surface area contributed by atoms with Crippen molar-refractivity contribution in [2.24, 2.45) is 5.92 Å². The van der Waals surface area contributed by atoms with Crippen LogP contribution in [0.15, 0.2) is 17.5 Å². The van der Waals surface area contributed by atoms with E-state index in [-0.39, 0.29) is 18.4 Å². The van der Waals surface area contributed by atoms with E-state index in [2.05, 4.69) is 10.6 Å². The number of rotatable bonds is 7. The third kappa shape index (κ3) is 5.40. The molecule has 1 aromatic rings. The van der Waals surface area contributed by atoms with E-state index in [0.717, 1.165) is 0 Å². The molecule has 20 heavy (non-hydrogen) atoms. The smallest absolute Gasteiger partial charge is 0.326 e. The molecule has 1 atom stereocenters. The highest BCUT2D eigenvalue weighted by Gasteiger charge is 2.21. The van der Waals surface area contributed by atoms with Crippen LogP contribution in [0.1, 0.15) is 29.9 Å². The standard InChI is InChI=1S/C13H18N2O4S/c1-8(2)6-9(13(18)19)15-11(16)7-14-12(17)10-4-3-5-20-10/h3-5,8-9H,6-7H2,1-2H3,(H,14,17)(H,15,16)(H,18,19)/t9-/m0/s1. The Hall–Kier alpha value is -1.89. The lowest BCUT2D eigenvalue weighted by molar-refractivity contribution is -0.142. The third-order valence-corrected chi connectivity index (χ3v) is 3.36. The molecule has 3 N–H and O–H groups in total. The summed E-state index contributed by atoms with van der Waals surface area (Å²) >= 11 is 1.27. The molecule has 0 saturated heterocycles. The number of amides is 2. The maximum absolute atomic E-state index is 11.6. The summed E-state index contributed by atoms with van der Waals surface area (Å²) in [5.74, 6) is -1.78. The van der Waals surface area contributed by atoms with Crippen LogP contribution >= 0.6 is 11.3 Å². The summed E-state index contributed by atoms with van der Waals surface area (Å²) in [6, 6.07) is 2.46. The maximum Gasteiger partial charge on any atom is 0.326 e. The number of aliphatic carboxylic acids is 1. The summed E-state index contributed by atoms with van der Waals surface area (Å²) in [6.45, 7) is 3.51. The molecule has 0 aliphatic rings. The van der Waals surface area contributed by atoms with Crippen LogP contribution in [0.3, 0.4) is 0 Å². The fourth-order valence-corrected chi connectivity index (χ4v) is 2.23. The molecule has 0 bridgehead atoms. The largest absolute Gasteiger partial charge is 0.480 e. The van der Waals surface area contributed by atoms with Gasteiger partial charge in [0.25, 0.3) is 5.91 Å². The molecule has 0 saturated carbocycles. The lowest BCUT2D eigenvalue weighted by Crippen LogP contribution is -2.46. The molecule has 0 aliphatic carbocycles. The van der Waals surface area contributed by atoms with Gasteiger partial charge < -0.3 is 15.7 Å². The van der Waals surface area contributed by atoms with Gasteiger partial charge in [-0.25, -0.2) is 4.79 Å². The highest BCUT2D eigenvalue weighted by molar-refractivity contribution is 7.12. The first-order valence-electron chi connectivity index (χ1n) is 6.24. The molecule has 0 aromatic carbocycles. The van der Waals surface area contributed by atoms with Gasteiger partial charge in [0, 0.05) is 0 Å². The summed E-state index contributed by atoms with van der Waals surface area (Å²) in [7, 11) is 0. The zero-order valence-corrected chi connectivity index (χ0v) is 12.2. The van der Waals surface area contributed by atoms with Crippen LogP contribution in [-0.4, -0.2) is 35.5 Å². The number of carboxylic acids is 1. The van der Waals surface area contributed by atoms with Crippen molar-refractivity contribution in [3.8, 4) is 0 Å². The number of carbonyl (C=O) groups is 3.